The van der Waals surface area contributed by atoms with Crippen LogP contribution in [0.5, 0.6) is 0 Å². The Balaban J connectivity index is 2.04. The van der Waals surface area contributed by atoms with Crippen LogP contribution < -0.4 is 0 Å². The largest absolute Gasteiger partial charge is 0.481 e. The zero-order valence-corrected chi connectivity index (χ0v) is 8.49. The van der Waals surface area contributed by atoms with Crippen LogP contribution in [-0.4, -0.2) is 35.0 Å². The normalized spacial score (nSPS) is 34.5. The van der Waals surface area contributed by atoms with Gasteiger partial charge in [0.05, 0.1) is 5.41 Å². The maximum absolute atomic E-state index is 11.6. The summed E-state index contributed by atoms with van der Waals surface area (Å²) in [4.78, 5) is 24.3. The van der Waals surface area contributed by atoms with Crippen molar-refractivity contribution in [1.82, 2.24) is 4.90 Å². The Hall–Kier alpha value is -1.06. The Morgan fingerprint density at radius 1 is 1.50 bits per heavy atom. The maximum Gasteiger partial charge on any atom is 0.311 e. The van der Waals surface area contributed by atoms with Crippen LogP contribution in [0.15, 0.2) is 0 Å². The number of hydrogen-bond donors (Lipinski definition) is 1. The highest BCUT2D eigenvalue weighted by atomic mass is 16.4. The Morgan fingerprint density at radius 3 is 2.57 bits per heavy atom. The molecule has 0 spiro atoms. The standard InChI is InChI=1S/C10H15NO3/c1-6(2)8(12)11-4-7-3-10(7,5-11)9(13)14/h6-7H,3-5H2,1-2H3,(H,13,14). The number of nitrogens with zero attached hydrogens (tertiary/aromatic N) is 1. The molecule has 1 heterocycles. The van der Waals surface area contributed by atoms with E-state index in [1.807, 2.05) is 13.8 Å². The molecule has 2 aliphatic rings. The second-order valence-electron chi connectivity index (χ2n) is 4.74. The van der Waals surface area contributed by atoms with Crippen LogP contribution in [0.1, 0.15) is 20.3 Å². The van der Waals surface area contributed by atoms with E-state index in [1.54, 1.807) is 4.90 Å². The average molecular weight is 197 g/mol. The maximum atomic E-state index is 11.6. The van der Waals surface area contributed by atoms with Crippen LogP contribution in [0, 0.1) is 17.3 Å². The molecule has 1 saturated heterocycles. The fourth-order valence-corrected chi connectivity index (χ4v) is 2.35. The van der Waals surface area contributed by atoms with Crippen LogP contribution in [-0.2, 0) is 9.59 Å². The molecular weight excluding hydrogens is 182 g/mol. The van der Waals surface area contributed by atoms with Crippen molar-refractivity contribution in [3.8, 4) is 0 Å². The van der Waals surface area contributed by atoms with E-state index in [1.165, 1.54) is 0 Å². The quantitative estimate of drug-likeness (QED) is 0.704. The lowest BCUT2D eigenvalue weighted by atomic mass is 10.1. The Bertz CT molecular complexity index is 300. The van der Waals surface area contributed by atoms with Gasteiger partial charge < -0.3 is 10.0 Å². The lowest BCUT2D eigenvalue weighted by Crippen LogP contribution is -2.36. The van der Waals surface area contributed by atoms with E-state index in [2.05, 4.69) is 0 Å². The lowest BCUT2D eigenvalue weighted by molar-refractivity contribution is -0.144. The van der Waals surface area contributed by atoms with Crippen LogP contribution in [0.3, 0.4) is 0 Å². The third kappa shape index (κ3) is 1.13. The van der Waals surface area contributed by atoms with E-state index in [0.29, 0.717) is 13.1 Å². The number of aliphatic carboxylic acids is 1. The first-order chi connectivity index (χ1) is 6.47. The van der Waals surface area contributed by atoms with Gasteiger partial charge in [-0.25, -0.2) is 0 Å². The number of fused-ring (bicyclic) bond motifs is 1. The van der Waals surface area contributed by atoms with Crippen molar-refractivity contribution in [3.05, 3.63) is 0 Å². The van der Waals surface area contributed by atoms with Gasteiger partial charge in [0.25, 0.3) is 0 Å². The van der Waals surface area contributed by atoms with Gasteiger partial charge in [0.1, 0.15) is 0 Å². The molecule has 2 fully saturated rings. The van der Waals surface area contributed by atoms with E-state index in [9.17, 15) is 9.59 Å². The summed E-state index contributed by atoms with van der Waals surface area (Å²) >= 11 is 0. The van der Waals surface area contributed by atoms with Crippen LogP contribution in [0.4, 0.5) is 0 Å². The third-order valence-electron chi connectivity index (χ3n) is 3.38. The van der Waals surface area contributed by atoms with Crippen molar-refractivity contribution in [3.63, 3.8) is 0 Å². The Labute approximate surface area is 82.9 Å². The van der Waals surface area contributed by atoms with E-state index in [4.69, 9.17) is 5.11 Å². The predicted octanol–water partition coefficient (Wildman–Crippen LogP) is 0.575. The Kier molecular flexibility index (Phi) is 1.84. The van der Waals surface area contributed by atoms with Gasteiger partial charge in [-0.05, 0) is 12.3 Å². The highest BCUT2D eigenvalue weighted by molar-refractivity contribution is 5.84. The van der Waals surface area contributed by atoms with Gasteiger partial charge in [-0.2, -0.15) is 0 Å². The molecule has 2 rings (SSSR count). The van der Waals surface area contributed by atoms with Crippen molar-refractivity contribution < 1.29 is 14.7 Å². The molecule has 2 atom stereocenters. The highest BCUT2D eigenvalue weighted by Gasteiger charge is 2.66. The minimum atomic E-state index is -0.735. The second-order valence-corrected chi connectivity index (χ2v) is 4.74. The summed E-state index contributed by atoms with van der Waals surface area (Å²) in [5.41, 5.74) is -0.579. The summed E-state index contributed by atoms with van der Waals surface area (Å²) in [5.74, 6) is -0.472. The van der Waals surface area contributed by atoms with Crippen molar-refractivity contribution in [1.29, 1.82) is 0 Å². The molecule has 4 nitrogen and oxygen atoms in total. The average Bonchev–Trinajstić information content (AvgIpc) is 2.69. The molecule has 78 valence electrons. The summed E-state index contributed by atoms with van der Waals surface area (Å²) in [6.45, 7) is 4.76. The molecule has 2 unspecified atom stereocenters. The molecule has 1 aliphatic heterocycles. The fourth-order valence-electron chi connectivity index (χ4n) is 2.35. The molecule has 0 aromatic carbocycles. The fraction of sp³-hybridized carbons (Fsp3) is 0.800. The van der Waals surface area contributed by atoms with Crippen molar-refractivity contribution in [2.24, 2.45) is 17.3 Å². The Morgan fingerprint density at radius 2 is 2.14 bits per heavy atom. The zero-order valence-electron chi connectivity index (χ0n) is 8.49. The first-order valence-electron chi connectivity index (χ1n) is 4.99. The lowest BCUT2D eigenvalue weighted by Gasteiger charge is -2.21. The molecule has 1 amide bonds. The highest BCUT2D eigenvalue weighted by Crippen LogP contribution is 2.57. The summed E-state index contributed by atoms with van der Waals surface area (Å²) < 4.78 is 0. The SMILES string of the molecule is CC(C)C(=O)N1CC2CC2(C(=O)O)C1. The molecule has 0 bridgehead atoms. The van der Waals surface area contributed by atoms with Gasteiger partial charge >= 0.3 is 5.97 Å². The summed E-state index contributed by atoms with van der Waals surface area (Å²) in [6, 6.07) is 0. The number of carboxylic acids is 1. The summed E-state index contributed by atoms with van der Waals surface area (Å²) in [7, 11) is 0. The molecule has 0 aromatic rings. The topological polar surface area (TPSA) is 57.6 Å². The first-order valence-corrected chi connectivity index (χ1v) is 4.99. The number of carbonyl (C=O) groups excluding carboxylic acids is 1. The van der Waals surface area contributed by atoms with E-state index in [0.717, 1.165) is 6.42 Å². The zero-order chi connectivity index (χ0) is 10.5. The van der Waals surface area contributed by atoms with Gasteiger partial charge in [-0.15, -0.1) is 0 Å². The number of likely N-dealkylation sites (tertiary alicyclic amines) is 1. The number of hydrogen-bond acceptors (Lipinski definition) is 2. The molecule has 1 aliphatic carbocycles. The van der Waals surface area contributed by atoms with Crippen LogP contribution in [0.2, 0.25) is 0 Å². The molecular formula is C10H15NO3. The van der Waals surface area contributed by atoms with Crippen LogP contribution in [0.25, 0.3) is 0 Å². The van der Waals surface area contributed by atoms with Crippen LogP contribution >= 0.6 is 0 Å². The molecule has 14 heavy (non-hydrogen) atoms. The molecule has 0 aromatic heterocycles. The van der Waals surface area contributed by atoms with Gasteiger partial charge in [0.15, 0.2) is 0 Å². The van der Waals surface area contributed by atoms with Gasteiger partial charge in [0, 0.05) is 19.0 Å². The summed E-state index contributed by atoms with van der Waals surface area (Å²) in [5, 5.41) is 9.01. The molecule has 4 heteroatoms. The molecule has 0 radical (unpaired) electrons. The second kappa shape index (κ2) is 2.72. The number of carbonyl (C=O) groups is 2. The third-order valence-corrected chi connectivity index (χ3v) is 3.38. The monoisotopic (exact) mass is 197 g/mol. The minimum Gasteiger partial charge on any atom is -0.481 e. The molecule has 1 saturated carbocycles. The number of rotatable bonds is 2. The van der Waals surface area contributed by atoms with E-state index < -0.39 is 11.4 Å². The van der Waals surface area contributed by atoms with Crippen molar-refractivity contribution in [2.45, 2.75) is 20.3 Å². The smallest absolute Gasteiger partial charge is 0.311 e. The van der Waals surface area contributed by atoms with E-state index >= 15 is 0 Å². The predicted molar refractivity (Wildman–Crippen MR) is 49.6 cm³/mol. The van der Waals surface area contributed by atoms with Gasteiger partial charge in [-0.3, -0.25) is 9.59 Å². The van der Waals surface area contributed by atoms with Crippen molar-refractivity contribution >= 4 is 11.9 Å². The number of piperidine rings is 1. The van der Waals surface area contributed by atoms with Gasteiger partial charge in [-0.1, -0.05) is 13.8 Å². The van der Waals surface area contributed by atoms with Crippen molar-refractivity contribution in [2.75, 3.05) is 13.1 Å². The summed E-state index contributed by atoms with van der Waals surface area (Å²) in [6.07, 6.45) is 0.754. The first kappa shape index (κ1) is 9.49. The van der Waals surface area contributed by atoms with Gasteiger partial charge in [0.2, 0.25) is 5.91 Å². The number of amides is 1. The number of carboxylic acid groups (broad SMARTS) is 1. The minimum absolute atomic E-state index is 0.0293. The molecule has 1 N–H and O–H groups in total. The van der Waals surface area contributed by atoms with E-state index in [-0.39, 0.29) is 17.7 Å².